The molecule has 0 spiro atoms. The van der Waals surface area contributed by atoms with Gasteiger partial charge in [-0.2, -0.15) is 0 Å². The van der Waals surface area contributed by atoms with E-state index in [2.05, 4.69) is 10.6 Å². The Morgan fingerprint density at radius 2 is 1.93 bits per heavy atom. The van der Waals surface area contributed by atoms with Crippen LogP contribution in [0, 0.1) is 5.82 Å². The molecule has 1 saturated heterocycles. The molecule has 8 heteroatoms. The van der Waals surface area contributed by atoms with Gasteiger partial charge < -0.3 is 14.6 Å². The number of para-hydroxylation sites is 1. The summed E-state index contributed by atoms with van der Waals surface area (Å²) in [4.78, 5) is 38.9. The van der Waals surface area contributed by atoms with Crippen LogP contribution in [-0.2, 0) is 16.9 Å². The number of benzene rings is 2. The first-order valence-electron chi connectivity index (χ1n) is 8.67. The fraction of sp³-hybridized carbons (Fsp3) is 0.150. The normalized spacial score (nSPS) is 21.2. The van der Waals surface area contributed by atoms with E-state index in [1.165, 1.54) is 17.0 Å². The van der Waals surface area contributed by atoms with Gasteiger partial charge in [-0.1, -0.05) is 24.3 Å². The van der Waals surface area contributed by atoms with Crippen LogP contribution in [0.1, 0.15) is 21.7 Å². The minimum Gasteiger partial charge on any atom is -0.458 e. The van der Waals surface area contributed by atoms with E-state index in [0.29, 0.717) is 11.1 Å². The molecule has 2 N–H and O–H groups in total. The van der Waals surface area contributed by atoms with Crippen LogP contribution < -0.4 is 10.6 Å². The van der Waals surface area contributed by atoms with E-state index in [1.807, 2.05) is 12.1 Å². The van der Waals surface area contributed by atoms with Crippen LogP contribution in [0.15, 0.2) is 52.9 Å². The summed E-state index contributed by atoms with van der Waals surface area (Å²) in [5.41, 5.74) is -0.0869. The molecule has 0 radical (unpaired) electrons. The predicted octanol–water partition coefficient (Wildman–Crippen LogP) is 2.26. The lowest BCUT2D eigenvalue weighted by Gasteiger charge is -2.29. The lowest BCUT2D eigenvalue weighted by Crippen LogP contribution is -2.52. The molecule has 0 saturated carbocycles. The quantitative estimate of drug-likeness (QED) is 0.683. The monoisotopic (exact) mass is 379 g/mol. The summed E-state index contributed by atoms with van der Waals surface area (Å²) >= 11 is 0. The van der Waals surface area contributed by atoms with Crippen LogP contribution in [0.25, 0.3) is 11.0 Å². The molecule has 0 aliphatic carbocycles. The van der Waals surface area contributed by atoms with Gasteiger partial charge in [0.15, 0.2) is 5.54 Å². The van der Waals surface area contributed by atoms with Gasteiger partial charge in [-0.25, -0.2) is 9.18 Å². The number of fused-ring (bicyclic) bond motifs is 2. The Labute approximate surface area is 158 Å². The molecule has 140 valence electrons. The summed E-state index contributed by atoms with van der Waals surface area (Å²) in [6.45, 7) is 0.0686. The molecule has 2 aliphatic heterocycles. The summed E-state index contributed by atoms with van der Waals surface area (Å²) in [6.07, 6.45) is 0. The van der Waals surface area contributed by atoms with Gasteiger partial charge in [0, 0.05) is 17.5 Å². The molecule has 4 amide bonds. The van der Waals surface area contributed by atoms with Crippen molar-refractivity contribution < 1.29 is 23.2 Å². The Hall–Kier alpha value is -3.68. The van der Waals surface area contributed by atoms with Gasteiger partial charge in [-0.15, -0.1) is 0 Å². The second kappa shape index (κ2) is 5.66. The summed E-state index contributed by atoms with van der Waals surface area (Å²) in [7, 11) is 0. The molecule has 3 heterocycles. The molecular formula is C20H14FN3O4. The Kier molecular flexibility index (Phi) is 3.33. The van der Waals surface area contributed by atoms with Gasteiger partial charge >= 0.3 is 6.03 Å². The largest absolute Gasteiger partial charge is 0.458 e. The van der Waals surface area contributed by atoms with Gasteiger partial charge in [0.05, 0.1) is 6.54 Å². The number of halogens is 1. The second-order valence-corrected chi connectivity index (χ2v) is 6.92. The topological polar surface area (TPSA) is 91.7 Å². The van der Waals surface area contributed by atoms with Crippen molar-refractivity contribution in [2.24, 2.45) is 0 Å². The molecule has 7 nitrogen and oxygen atoms in total. The fourth-order valence-electron chi connectivity index (χ4n) is 3.79. The standard InChI is InChI=1S/C20H14FN3O4/c21-13-6-5-12-9-24(17(25)14(12)8-13)10-20(18(26)22-19(27)23-20)16-7-11-3-1-2-4-15(11)28-16/h1-8H,9-10H2,(H2,22,23,26,27). The molecule has 5 rings (SSSR count). The van der Waals surface area contributed by atoms with Crippen LogP contribution in [0.5, 0.6) is 0 Å². The molecule has 1 aromatic heterocycles. The van der Waals surface area contributed by atoms with Crippen LogP contribution in [0.4, 0.5) is 9.18 Å². The lowest BCUT2D eigenvalue weighted by atomic mass is 9.95. The molecule has 1 fully saturated rings. The van der Waals surface area contributed by atoms with Crippen LogP contribution >= 0.6 is 0 Å². The highest BCUT2D eigenvalue weighted by Crippen LogP contribution is 2.34. The minimum absolute atomic E-state index is 0.139. The molecule has 2 aromatic carbocycles. The number of amides is 4. The van der Waals surface area contributed by atoms with Crippen LogP contribution in [0.3, 0.4) is 0 Å². The van der Waals surface area contributed by atoms with E-state index < -0.39 is 29.2 Å². The molecule has 2 aliphatic rings. The van der Waals surface area contributed by atoms with Gasteiger partial charge in [0.1, 0.15) is 17.2 Å². The summed E-state index contributed by atoms with van der Waals surface area (Å²) in [6, 6.07) is 12.2. The Morgan fingerprint density at radius 3 is 2.68 bits per heavy atom. The maximum absolute atomic E-state index is 13.5. The molecule has 3 aromatic rings. The highest BCUT2D eigenvalue weighted by Gasteiger charge is 2.52. The van der Waals surface area contributed by atoms with Crippen LogP contribution in [0.2, 0.25) is 0 Å². The smallest absolute Gasteiger partial charge is 0.322 e. The van der Waals surface area contributed by atoms with Crippen LogP contribution in [-0.4, -0.2) is 29.3 Å². The Balaban J connectivity index is 1.56. The SMILES string of the molecule is O=C1NC(=O)C(CN2Cc3ccc(F)cc3C2=O)(c2cc3ccccc3o2)N1. The van der Waals surface area contributed by atoms with E-state index >= 15 is 0 Å². The van der Waals surface area contributed by atoms with Gasteiger partial charge in [0.25, 0.3) is 11.8 Å². The maximum Gasteiger partial charge on any atom is 0.322 e. The van der Waals surface area contributed by atoms with Gasteiger partial charge in [-0.3, -0.25) is 14.9 Å². The van der Waals surface area contributed by atoms with E-state index in [-0.39, 0.29) is 24.4 Å². The number of hydrogen-bond acceptors (Lipinski definition) is 4. The second-order valence-electron chi connectivity index (χ2n) is 6.92. The predicted molar refractivity (Wildman–Crippen MR) is 95.7 cm³/mol. The molecule has 1 atom stereocenters. The Bertz CT molecular complexity index is 1140. The van der Waals surface area contributed by atoms with Crippen molar-refractivity contribution in [3.8, 4) is 0 Å². The third-order valence-corrected chi connectivity index (χ3v) is 5.17. The van der Waals surface area contributed by atoms with Gasteiger partial charge in [-0.05, 0) is 29.8 Å². The molecule has 28 heavy (non-hydrogen) atoms. The zero-order valence-electron chi connectivity index (χ0n) is 14.5. The number of nitrogens with zero attached hydrogens (tertiary/aromatic N) is 1. The first-order valence-corrected chi connectivity index (χ1v) is 8.67. The van der Waals surface area contributed by atoms with Gasteiger partial charge in [0.2, 0.25) is 0 Å². The average molecular weight is 379 g/mol. The van der Waals surface area contributed by atoms with Crippen molar-refractivity contribution in [2.75, 3.05) is 6.54 Å². The van der Waals surface area contributed by atoms with Crippen molar-refractivity contribution in [1.82, 2.24) is 15.5 Å². The average Bonchev–Trinajstić information content (AvgIpc) is 3.31. The first-order chi connectivity index (χ1) is 13.5. The number of rotatable bonds is 3. The highest BCUT2D eigenvalue weighted by molar-refractivity contribution is 6.08. The summed E-state index contributed by atoms with van der Waals surface area (Å²) in [5, 5.41) is 5.61. The summed E-state index contributed by atoms with van der Waals surface area (Å²) < 4.78 is 19.4. The number of carbonyl (C=O) groups is 3. The van der Waals surface area contributed by atoms with E-state index in [0.717, 1.165) is 5.39 Å². The number of carbonyl (C=O) groups excluding carboxylic acids is 3. The number of urea groups is 1. The molecule has 1 unspecified atom stereocenters. The molecular weight excluding hydrogens is 365 g/mol. The third kappa shape index (κ3) is 2.31. The fourth-order valence-corrected chi connectivity index (χ4v) is 3.79. The van der Waals surface area contributed by atoms with E-state index in [4.69, 9.17) is 4.42 Å². The van der Waals surface area contributed by atoms with Crippen molar-refractivity contribution in [1.29, 1.82) is 0 Å². The third-order valence-electron chi connectivity index (χ3n) is 5.17. The zero-order chi connectivity index (χ0) is 19.5. The summed E-state index contributed by atoms with van der Waals surface area (Å²) in [5.74, 6) is -1.29. The lowest BCUT2D eigenvalue weighted by molar-refractivity contribution is -0.125. The van der Waals surface area contributed by atoms with Crippen molar-refractivity contribution in [3.05, 3.63) is 71.2 Å². The van der Waals surface area contributed by atoms with Crippen molar-refractivity contribution in [2.45, 2.75) is 12.1 Å². The maximum atomic E-state index is 13.5. The number of hydrogen-bond donors (Lipinski definition) is 2. The zero-order valence-corrected chi connectivity index (χ0v) is 14.5. The van der Waals surface area contributed by atoms with E-state index in [9.17, 15) is 18.8 Å². The first kappa shape index (κ1) is 16.5. The Morgan fingerprint density at radius 1 is 1.11 bits per heavy atom. The van der Waals surface area contributed by atoms with Crippen molar-refractivity contribution >= 4 is 28.8 Å². The number of imide groups is 1. The highest BCUT2D eigenvalue weighted by atomic mass is 19.1. The number of furan rings is 1. The van der Waals surface area contributed by atoms with Crippen molar-refractivity contribution in [3.63, 3.8) is 0 Å². The number of nitrogens with one attached hydrogen (secondary N) is 2. The minimum atomic E-state index is -1.56. The molecule has 0 bridgehead atoms. The van der Waals surface area contributed by atoms with E-state index in [1.54, 1.807) is 24.3 Å².